The summed E-state index contributed by atoms with van der Waals surface area (Å²) < 4.78 is 17.7. The lowest BCUT2D eigenvalue weighted by atomic mass is 9.92. The summed E-state index contributed by atoms with van der Waals surface area (Å²) in [6.45, 7) is 4.22. The Bertz CT molecular complexity index is 1140. The number of phenolic OH excluding ortho intramolecular Hbond substituents is 1. The van der Waals surface area contributed by atoms with Crippen molar-refractivity contribution >= 4 is 11.7 Å². The van der Waals surface area contributed by atoms with E-state index in [0.29, 0.717) is 0 Å². The molecular weight excluding hydrogens is 482 g/mol. The summed E-state index contributed by atoms with van der Waals surface area (Å²) in [6, 6.07) is 9.76. The van der Waals surface area contributed by atoms with Gasteiger partial charge in [0.05, 0.1) is 42.8 Å². The molecule has 10 heteroatoms. The first-order valence-corrected chi connectivity index (χ1v) is 12.3. The third-order valence-electron chi connectivity index (χ3n) is 6.98. The number of hydrogen-bond donors (Lipinski definition) is 5. The van der Waals surface area contributed by atoms with Crippen molar-refractivity contribution in [1.29, 1.82) is 0 Å². The highest BCUT2D eigenvalue weighted by atomic mass is 16.7. The van der Waals surface area contributed by atoms with Crippen LogP contribution in [0.4, 0.5) is 0 Å². The Kier molecular flexibility index (Phi) is 8.03. The molecule has 0 aromatic heterocycles. The first kappa shape index (κ1) is 26.9. The van der Waals surface area contributed by atoms with E-state index in [1.807, 2.05) is 30.3 Å². The van der Waals surface area contributed by atoms with E-state index in [1.54, 1.807) is 13.8 Å². The number of Topliss-reactive ketones (excluding diaryl/α,β-unsaturated/α-hetero) is 1. The van der Waals surface area contributed by atoms with Crippen LogP contribution in [-0.4, -0.2) is 62.8 Å². The Morgan fingerprint density at radius 1 is 1.24 bits per heavy atom. The number of benzene rings is 2. The molecule has 0 spiro atoms. The average Bonchev–Trinajstić information content (AvgIpc) is 2.88. The number of fused-ring (bicyclic) bond motifs is 1. The lowest BCUT2D eigenvalue weighted by molar-refractivity contribution is -0.192. The summed E-state index contributed by atoms with van der Waals surface area (Å²) in [5.74, 6) is -1.95. The van der Waals surface area contributed by atoms with Crippen molar-refractivity contribution in [1.82, 2.24) is 5.32 Å². The molecule has 0 bridgehead atoms. The highest BCUT2D eigenvalue weighted by molar-refractivity contribution is 6.02. The molecule has 2 aromatic rings. The third kappa shape index (κ3) is 5.57. The number of ether oxygens (including phenoxy) is 3. The van der Waals surface area contributed by atoms with Gasteiger partial charge in [-0.05, 0) is 31.0 Å². The molecule has 4 rings (SSSR count). The van der Waals surface area contributed by atoms with Gasteiger partial charge in [-0.2, -0.15) is 0 Å². The number of phenols is 1. The van der Waals surface area contributed by atoms with E-state index >= 15 is 0 Å². The largest absolute Gasteiger partial charge is 0.502 e. The van der Waals surface area contributed by atoms with Crippen LogP contribution < -0.4 is 14.8 Å². The van der Waals surface area contributed by atoms with Crippen LogP contribution in [0.25, 0.3) is 0 Å². The van der Waals surface area contributed by atoms with Gasteiger partial charge in [0.25, 0.3) is 0 Å². The number of hydrogen-bond acceptors (Lipinski definition) is 9. The van der Waals surface area contributed by atoms with Gasteiger partial charge in [0.1, 0.15) is 12.2 Å². The van der Waals surface area contributed by atoms with Crippen LogP contribution in [0.15, 0.2) is 36.4 Å². The van der Waals surface area contributed by atoms with Crippen molar-refractivity contribution in [2.45, 2.75) is 77.0 Å². The Hall–Kier alpha value is -3.18. The third-order valence-corrected chi connectivity index (χ3v) is 6.98. The SMILES string of the molecule is CC1O[C@H](Oc2cc(CO)c3c(c2O)OC(c2ccccc2)CC3=O)CC(NC(=O)[C@H](C)[C@@H](C)O)[C@@H]1O. The number of aliphatic hydroxyl groups is 3. The van der Waals surface area contributed by atoms with E-state index in [4.69, 9.17) is 14.2 Å². The highest BCUT2D eigenvalue weighted by Gasteiger charge is 2.39. The highest BCUT2D eigenvalue weighted by Crippen LogP contribution is 2.48. The average molecular weight is 516 g/mol. The number of nitrogens with one attached hydrogen (secondary N) is 1. The van der Waals surface area contributed by atoms with Gasteiger partial charge in [0, 0.05) is 6.42 Å². The molecule has 0 radical (unpaired) electrons. The molecular formula is C27H33NO9. The summed E-state index contributed by atoms with van der Waals surface area (Å²) in [5.41, 5.74) is 1.10. The van der Waals surface area contributed by atoms with Crippen molar-refractivity contribution in [3.8, 4) is 17.2 Å². The molecule has 1 saturated heterocycles. The maximum atomic E-state index is 13.0. The minimum absolute atomic E-state index is 0.0428. The fraction of sp³-hybridized carbons (Fsp3) is 0.481. The fourth-order valence-electron chi connectivity index (χ4n) is 4.56. The van der Waals surface area contributed by atoms with Gasteiger partial charge in [-0.15, -0.1) is 0 Å². The van der Waals surface area contributed by atoms with E-state index in [1.165, 1.54) is 13.0 Å². The molecule has 10 nitrogen and oxygen atoms in total. The molecule has 2 aliphatic heterocycles. The number of carbonyl (C=O) groups excluding carboxylic acids is 2. The number of carbonyl (C=O) groups is 2. The van der Waals surface area contributed by atoms with Crippen LogP contribution in [0.5, 0.6) is 17.2 Å². The first-order valence-electron chi connectivity index (χ1n) is 12.3. The molecule has 1 fully saturated rings. The molecule has 0 saturated carbocycles. The van der Waals surface area contributed by atoms with Crippen LogP contribution in [-0.2, 0) is 16.1 Å². The Labute approximate surface area is 214 Å². The minimum Gasteiger partial charge on any atom is -0.502 e. The van der Waals surface area contributed by atoms with Gasteiger partial charge in [0.2, 0.25) is 17.9 Å². The summed E-state index contributed by atoms with van der Waals surface area (Å²) in [4.78, 5) is 25.4. The number of amides is 1. The predicted octanol–water partition coefficient (Wildman–Crippen LogP) is 1.97. The topological polar surface area (TPSA) is 155 Å². The smallest absolute Gasteiger partial charge is 0.225 e. The summed E-state index contributed by atoms with van der Waals surface area (Å²) in [7, 11) is 0. The lowest BCUT2D eigenvalue weighted by Crippen LogP contribution is -2.57. The van der Waals surface area contributed by atoms with Gasteiger partial charge in [-0.25, -0.2) is 0 Å². The lowest BCUT2D eigenvalue weighted by Gasteiger charge is -2.38. The predicted molar refractivity (Wildman–Crippen MR) is 131 cm³/mol. The molecule has 2 aromatic carbocycles. The monoisotopic (exact) mass is 515 g/mol. The van der Waals surface area contributed by atoms with E-state index in [9.17, 15) is 30.0 Å². The van der Waals surface area contributed by atoms with Crippen molar-refractivity contribution < 1.29 is 44.2 Å². The molecule has 7 atom stereocenters. The van der Waals surface area contributed by atoms with E-state index < -0.39 is 60.9 Å². The Morgan fingerprint density at radius 3 is 2.59 bits per heavy atom. The minimum atomic E-state index is -1.03. The molecule has 2 aliphatic rings. The Balaban J connectivity index is 1.59. The quantitative estimate of drug-likeness (QED) is 0.372. The first-order chi connectivity index (χ1) is 17.6. The molecule has 5 N–H and O–H groups in total. The maximum absolute atomic E-state index is 13.0. The molecule has 3 unspecified atom stereocenters. The Morgan fingerprint density at radius 2 is 1.95 bits per heavy atom. The van der Waals surface area contributed by atoms with Crippen LogP contribution in [0.3, 0.4) is 0 Å². The molecule has 1 amide bonds. The van der Waals surface area contributed by atoms with Gasteiger partial charge in [-0.1, -0.05) is 37.3 Å². The van der Waals surface area contributed by atoms with E-state index in [-0.39, 0.29) is 41.3 Å². The van der Waals surface area contributed by atoms with Crippen molar-refractivity contribution in [2.24, 2.45) is 5.92 Å². The standard InChI is InChI=1S/C27H33NO9/c1-13(14(2)30)27(34)28-18-10-22(35-15(3)24(18)32)36-21-9-17(12-29)23-19(31)11-20(37-26(23)25(21)33)16-7-5-4-6-8-16/h4-9,13-15,18,20,22,24,29-30,32-33H,10-12H2,1-3H3,(H,28,34)/t13-,14-,15?,18?,20?,22-,24-/m1/s1. The van der Waals surface area contributed by atoms with Gasteiger partial charge in [0.15, 0.2) is 17.3 Å². The number of ketones is 1. The zero-order chi connectivity index (χ0) is 26.9. The van der Waals surface area contributed by atoms with E-state index in [0.717, 1.165) is 5.56 Å². The maximum Gasteiger partial charge on any atom is 0.225 e. The number of aromatic hydroxyl groups is 1. The second kappa shape index (κ2) is 11.1. The van der Waals surface area contributed by atoms with E-state index in [2.05, 4.69) is 5.32 Å². The molecule has 2 heterocycles. The van der Waals surface area contributed by atoms with Gasteiger partial charge in [-0.3, -0.25) is 9.59 Å². The molecule has 37 heavy (non-hydrogen) atoms. The summed E-state index contributed by atoms with van der Waals surface area (Å²) >= 11 is 0. The van der Waals surface area contributed by atoms with Crippen LogP contribution in [0.1, 0.15) is 61.2 Å². The van der Waals surface area contributed by atoms with Crippen molar-refractivity contribution in [3.05, 3.63) is 53.1 Å². The second-order valence-corrected chi connectivity index (χ2v) is 9.65. The summed E-state index contributed by atoms with van der Waals surface area (Å²) in [5, 5.41) is 44.0. The van der Waals surface area contributed by atoms with Crippen molar-refractivity contribution in [2.75, 3.05) is 0 Å². The number of aliphatic hydroxyl groups excluding tert-OH is 3. The normalized spacial score (nSPS) is 27.0. The van der Waals surface area contributed by atoms with Gasteiger partial charge < -0.3 is 40.0 Å². The number of rotatable bonds is 7. The molecule has 0 aliphatic carbocycles. The van der Waals surface area contributed by atoms with Crippen LogP contribution in [0.2, 0.25) is 0 Å². The zero-order valence-corrected chi connectivity index (χ0v) is 21.0. The summed E-state index contributed by atoms with van der Waals surface area (Å²) in [6.07, 6.45) is -4.12. The zero-order valence-electron chi connectivity index (χ0n) is 21.0. The van der Waals surface area contributed by atoms with Crippen LogP contribution >= 0.6 is 0 Å². The second-order valence-electron chi connectivity index (χ2n) is 9.65. The van der Waals surface area contributed by atoms with Crippen molar-refractivity contribution in [3.63, 3.8) is 0 Å². The van der Waals surface area contributed by atoms with Crippen LogP contribution in [0, 0.1) is 5.92 Å². The van der Waals surface area contributed by atoms with Gasteiger partial charge >= 0.3 is 0 Å². The fourth-order valence-corrected chi connectivity index (χ4v) is 4.56. The molecule has 200 valence electrons.